The van der Waals surface area contributed by atoms with E-state index in [1.807, 2.05) is 13.2 Å². The van der Waals surface area contributed by atoms with Crippen LogP contribution in [-0.2, 0) is 7.05 Å². The number of rotatable bonds is 1. The maximum atomic E-state index is 8.46. The van der Waals surface area contributed by atoms with Crippen molar-refractivity contribution in [1.29, 1.82) is 5.26 Å². The van der Waals surface area contributed by atoms with E-state index in [0.717, 1.165) is 5.56 Å². The standard InChI is InChI=1S/C6H6BrN3/c1-10-4-5(3-9-10)6(7)2-8/h3-4,6H,1H3. The molecule has 52 valence electrons. The van der Waals surface area contributed by atoms with Crippen LogP contribution >= 0.6 is 15.9 Å². The van der Waals surface area contributed by atoms with E-state index in [9.17, 15) is 0 Å². The van der Waals surface area contributed by atoms with Crippen molar-refractivity contribution in [2.24, 2.45) is 7.05 Å². The molecule has 0 bridgehead atoms. The molecular formula is C6H6BrN3. The molecule has 4 heteroatoms. The lowest BCUT2D eigenvalue weighted by atomic mass is 10.3. The molecule has 3 nitrogen and oxygen atoms in total. The van der Waals surface area contributed by atoms with Crippen LogP contribution in [0.15, 0.2) is 12.4 Å². The molecular weight excluding hydrogens is 194 g/mol. The first-order valence-corrected chi connectivity index (χ1v) is 3.68. The lowest BCUT2D eigenvalue weighted by Gasteiger charge is -1.90. The number of nitriles is 1. The average molecular weight is 200 g/mol. The Morgan fingerprint density at radius 1 is 1.90 bits per heavy atom. The highest BCUT2D eigenvalue weighted by molar-refractivity contribution is 9.09. The van der Waals surface area contributed by atoms with Crippen molar-refractivity contribution in [2.45, 2.75) is 4.83 Å². The van der Waals surface area contributed by atoms with Gasteiger partial charge in [-0.1, -0.05) is 15.9 Å². The second-order valence-electron chi connectivity index (χ2n) is 1.94. The quantitative estimate of drug-likeness (QED) is 0.642. The number of nitrogens with zero attached hydrogens (tertiary/aromatic N) is 3. The molecule has 0 N–H and O–H groups in total. The topological polar surface area (TPSA) is 41.6 Å². The van der Waals surface area contributed by atoms with E-state index in [0.29, 0.717) is 0 Å². The monoisotopic (exact) mass is 199 g/mol. The Labute approximate surface area is 67.4 Å². The van der Waals surface area contributed by atoms with Gasteiger partial charge in [0.1, 0.15) is 4.83 Å². The molecule has 1 unspecified atom stereocenters. The van der Waals surface area contributed by atoms with Gasteiger partial charge in [0.15, 0.2) is 0 Å². The number of halogens is 1. The minimum absolute atomic E-state index is 0.235. The summed E-state index contributed by atoms with van der Waals surface area (Å²) in [5, 5.41) is 12.4. The Morgan fingerprint density at radius 3 is 3.00 bits per heavy atom. The number of hydrogen-bond donors (Lipinski definition) is 0. The predicted molar refractivity (Wildman–Crippen MR) is 40.5 cm³/mol. The summed E-state index contributed by atoms with van der Waals surface area (Å²) in [6.45, 7) is 0. The van der Waals surface area contributed by atoms with Crippen LogP contribution in [0.1, 0.15) is 10.4 Å². The molecule has 0 radical (unpaired) electrons. The summed E-state index contributed by atoms with van der Waals surface area (Å²) in [6.07, 6.45) is 3.48. The third-order valence-corrected chi connectivity index (χ3v) is 1.86. The van der Waals surface area contributed by atoms with Crippen molar-refractivity contribution in [3.63, 3.8) is 0 Å². The van der Waals surface area contributed by atoms with Gasteiger partial charge >= 0.3 is 0 Å². The molecule has 0 spiro atoms. The van der Waals surface area contributed by atoms with Gasteiger partial charge in [0.2, 0.25) is 0 Å². The molecule has 0 fully saturated rings. The van der Waals surface area contributed by atoms with E-state index in [2.05, 4.69) is 27.1 Å². The average Bonchev–Trinajstić information content (AvgIpc) is 2.34. The summed E-state index contributed by atoms with van der Waals surface area (Å²) in [7, 11) is 1.82. The van der Waals surface area contributed by atoms with Gasteiger partial charge in [0.05, 0.1) is 12.3 Å². The van der Waals surface area contributed by atoms with Gasteiger partial charge in [-0.2, -0.15) is 10.4 Å². The minimum Gasteiger partial charge on any atom is -0.275 e. The van der Waals surface area contributed by atoms with Gasteiger partial charge in [-0.05, 0) is 0 Å². The highest BCUT2D eigenvalue weighted by Crippen LogP contribution is 2.19. The van der Waals surface area contributed by atoms with Crippen molar-refractivity contribution < 1.29 is 0 Å². The molecule has 0 saturated heterocycles. The fourth-order valence-electron chi connectivity index (χ4n) is 0.646. The molecule has 0 aromatic carbocycles. The fraction of sp³-hybridized carbons (Fsp3) is 0.333. The summed E-state index contributed by atoms with van der Waals surface area (Å²) >= 11 is 3.18. The van der Waals surface area contributed by atoms with Gasteiger partial charge in [0.25, 0.3) is 0 Å². The lowest BCUT2D eigenvalue weighted by molar-refractivity contribution is 0.767. The molecule has 0 saturated carbocycles. The Balaban J connectivity index is 2.87. The zero-order valence-electron chi connectivity index (χ0n) is 5.45. The first-order valence-electron chi connectivity index (χ1n) is 2.76. The largest absolute Gasteiger partial charge is 0.275 e. The second kappa shape index (κ2) is 2.84. The Bertz CT molecular complexity index is 260. The van der Waals surface area contributed by atoms with E-state index in [-0.39, 0.29) is 4.83 Å². The highest BCUT2D eigenvalue weighted by atomic mass is 79.9. The summed E-state index contributed by atoms with van der Waals surface area (Å²) < 4.78 is 1.67. The van der Waals surface area contributed by atoms with Gasteiger partial charge in [-0.25, -0.2) is 0 Å². The van der Waals surface area contributed by atoms with Crippen molar-refractivity contribution in [3.8, 4) is 6.07 Å². The smallest absolute Gasteiger partial charge is 0.129 e. The van der Waals surface area contributed by atoms with Crippen molar-refractivity contribution in [2.75, 3.05) is 0 Å². The summed E-state index contributed by atoms with van der Waals surface area (Å²) in [6, 6.07) is 2.06. The van der Waals surface area contributed by atoms with Gasteiger partial charge in [0, 0.05) is 18.8 Å². The van der Waals surface area contributed by atoms with Crippen LogP contribution in [0.3, 0.4) is 0 Å². The van der Waals surface area contributed by atoms with E-state index in [1.54, 1.807) is 10.9 Å². The molecule has 0 aliphatic rings. The highest BCUT2D eigenvalue weighted by Gasteiger charge is 2.05. The van der Waals surface area contributed by atoms with E-state index in [1.165, 1.54) is 0 Å². The summed E-state index contributed by atoms with van der Waals surface area (Å²) in [5.74, 6) is 0. The Kier molecular flexibility index (Phi) is 2.07. The molecule has 0 aliphatic heterocycles. The zero-order chi connectivity index (χ0) is 7.56. The molecule has 0 aliphatic carbocycles. The molecule has 1 heterocycles. The normalized spacial score (nSPS) is 12.5. The summed E-state index contributed by atoms with van der Waals surface area (Å²) in [5.41, 5.74) is 0.894. The number of aryl methyl sites for hydroxylation is 1. The van der Waals surface area contributed by atoms with Crippen LogP contribution in [-0.4, -0.2) is 9.78 Å². The first kappa shape index (κ1) is 7.29. The molecule has 0 amide bonds. The van der Waals surface area contributed by atoms with E-state index >= 15 is 0 Å². The van der Waals surface area contributed by atoms with Crippen molar-refractivity contribution in [1.82, 2.24) is 9.78 Å². The lowest BCUT2D eigenvalue weighted by Crippen LogP contribution is -1.85. The van der Waals surface area contributed by atoms with E-state index in [4.69, 9.17) is 5.26 Å². The molecule has 1 aromatic heterocycles. The number of hydrogen-bond acceptors (Lipinski definition) is 2. The van der Waals surface area contributed by atoms with Gasteiger partial charge in [-0.3, -0.25) is 4.68 Å². The van der Waals surface area contributed by atoms with Crippen LogP contribution in [0.4, 0.5) is 0 Å². The maximum absolute atomic E-state index is 8.46. The third-order valence-electron chi connectivity index (χ3n) is 1.13. The number of aromatic nitrogens is 2. The minimum atomic E-state index is -0.235. The zero-order valence-corrected chi connectivity index (χ0v) is 7.04. The Morgan fingerprint density at radius 2 is 2.60 bits per heavy atom. The van der Waals surface area contributed by atoms with Gasteiger partial charge in [-0.15, -0.1) is 0 Å². The molecule has 1 aromatic rings. The van der Waals surface area contributed by atoms with Gasteiger partial charge < -0.3 is 0 Å². The molecule has 1 atom stereocenters. The number of alkyl halides is 1. The SMILES string of the molecule is Cn1cc(C(Br)C#N)cn1. The maximum Gasteiger partial charge on any atom is 0.129 e. The van der Waals surface area contributed by atoms with Crippen LogP contribution < -0.4 is 0 Å². The van der Waals surface area contributed by atoms with Crippen LogP contribution in [0.25, 0.3) is 0 Å². The third kappa shape index (κ3) is 1.36. The Hall–Kier alpha value is -0.820. The van der Waals surface area contributed by atoms with E-state index < -0.39 is 0 Å². The van der Waals surface area contributed by atoms with Crippen LogP contribution in [0.2, 0.25) is 0 Å². The van der Waals surface area contributed by atoms with Crippen LogP contribution in [0.5, 0.6) is 0 Å². The van der Waals surface area contributed by atoms with Crippen molar-refractivity contribution >= 4 is 15.9 Å². The second-order valence-corrected chi connectivity index (χ2v) is 2.85. The first-order chi connectivity index (χ1) is 4.74. The van der Waals surface area contributed by atoms with Crippen molar-refractivity contribution in [3.05, 3.63) is 18.0 Å². The summed E-state index contributed by atoms with van der Waals surface area (Å²) in [4.78, 5) is -0.235. The molecule has 1 rings (SSSR count). The predicted octanol–water partition coefficient (Wildman–Crippen LogP) is 1.38. The molecule has 10 heavy (non-hydrogen) atoms. The fourth-order valence-corrected chi connectivity index (χ4v) is 0.882. The van der Waals surface area contributed by atoms with Crippen LogP contribution in [0, 0.1) is 11.3 Å².